The van der Waals surface area contributed by atoms with E-state index in [0.29, 0.717) is 12.6 Å². The minimum atomic E-state index is -0.134. The van der Waals surface area contributed by atoms with Crippen molar-refractivity contribution in [1.29, 1.82) is 0 Å². The normalized spacial score (nSPS) is 21.1. The first kappa shape index (κ1) is 13.5. The number of hydrogen-bond acceptors (Lipinski definition) is 2. The van der Waals surface area contributed by atoms with Crippen LogP contribution in [-0.2, 0) is 4.74 Å². The summed E-state index contributed by atoms with van der Waals surface area (Å²) in [6.45, 7) is 1.41. The van der Waals surface area contributed by atoms with Crippen molar-refractivity contribution in [3.8, 4) is 0 Å². The highest BCUT2D eigenvalue weighted by atomic mass is 19.1. The maximum atomic E-state index is 13.7. The molecule has 0 aromatic heterocycles. The van der Waals surface area contributed by atoms with Crippen molar-refractivity contribution in [1.82, 2.24) is 0 Å². The second-order valence-corrected chi connectivity index (χ2v) is 5.02. The van der Waals surface area contributed by atoms with E-state index in [1.807, 2.05) is 12.1 Å². The lowest BCUT2D eigenvalue weighted by molar-refractivity contribution is 0.101. The van der Waals surface area contributed by atoms with Gasteiger partial charge in [0.05, 0.1) is 6.10 Å². The van der Waals surface area contributed by atoms with Crippen molar-refractivity contribution in [2.45, 2.75) is 44.1 Å². The van der Waals surface area contributed by atoms with Crippen LogP contribution < -0.4 is 5.73 Å². The molecule has 1 aliphatic rings. The predicted octanol–water partition coefficient (Wildman–Crippen LogP) is 3.22. The Morgan fingerprint density at radius 1 is 1.39 bits per heavy atom. The van der Waals surface area contributed by atoms with Gasteiger partial charge in [-0.1, -0.05) is 24.6 Å². The van der Waals surface area contributed by atoms with E-state index >= 15 is 0 Å². The number of ether oxygens (including phenoxy) is 1. The lowest BCUT2D eigenvalue weighted by Crippen LogP contribution is -2.15. The highest BCUT2D eigenvalue weighted by Gasteiger charge is 2.17. The van der Waals surface area contributed by atoms with Crippen LogP contribution in [-0.4, -0.2) is 19.3 Å². The van der Waals surface area contributed by atoms with Crippen LogP contribution >= 0.6 is 0 Å². The molecule has 18 heavy (non-hydrogen) atoms. The Bertz CT molecular complexity index is 363. The molecule has 0 aliphatic carbocycles. The van der Waals surface area contributed by atoms with Crippen LogP contribution in [0.15, 0.2) is 24.3 Å². The van der Waals surface area contributed by atoms with E-state index in [2.05, 4.69) is 0 Å². The van der Waals surface area contributed by atoms with Gasteiger partial charge in [0.25, 0.3) is 0 Å². The molecule has 0 bridgehead atoms. The molecule has 0 radical (unpaired) electrons. The molecule has 100 valence electrons. The van der Waals surface area contributed by atoms with Gasteiger partial charge in [0.2, 0.25) is 0 Å². The van der Waals surface area contributed by atoms with E-state index in [1.54, 1.807) is 6.07 Å². The van der Waals surface area contributed by atoms with E-state index in [-0.39, 0.29) is 11.7 Å². The van der Waals surface area contributed by atoms with E-state index in [9.17, 15) is 4.39 Å². The summed E-state index contributed by atoms with van der Waals surface area (Å²) in [5.74, 6) is -0.00216. The van der Waals surface area contributed by atoms with Crippen LogP contribution in [0.25, 0.3) is 0 Å². The van der Waals surface area contributed by atoms with E-state index < -0.39 is 0 Å². The van der Waals surface area contributed by atoms with Crippen molar-refractivity contribution in [2.24, 2.45) is 5.73 Å². The van der Waals surface area contributed by atoms with Crippen LogP contribution in [0.2, 0.25) is 0 Å². The SMILES string of the molecule is NCC(CCCC1CCCO1)c1ccccc1F. The Labute approximate surface area is 108 Å². The van der Waals surface area contributed by atoms with Crippen molar-refractivity contribution < 1.29 is 9.13 Å². The van der Waals surface area contributed by atoms with Crippen molar-refractivity contribution >= 4 is 0 Å². The Morgan fingerprint density at radius 2 is 2.22 bits per heavy atom. The maximum Gasteiger partial charge on any atom is 0.126 e. The molecule has 1 aliphatic heterocycles. The summed E-state index contributed by atoms with van der Waals surface area (Å²) < 4.78 is 19.3. The minimum Gasteiger partial charge on any atom is -0.378 e. The Hall–Kier alpha value is -0.930. The molecule has 1 fully saturated rings. The first-order valence-electron chi connectivity index (χ1n) is 6.87. The minimum absolute atomic E-state index is 0.132. The highest BCUT2D eigenvalue weighted by Crippen LogP contribution is 2.25. The third-order valence-electron chi connectivity index (χ3n) is 3.73. The summed E-state index contributed by atoms with van der Waals surface area (Å²) >= 11 is 0. The summed E-state index contributed by atoms with van der Waals surface area (Å²) in [6.07, 6.45) is 5.85. The fourth-order valence-electron chi connectivity index (χ4n) is 2.67. The van der Waals surface area contributed by atoms with E-state index in [0.717, 1.165) is 31.4 Å². The largest absolute Gasteiger partial charge is 0.378 e. The molecule has 2 atom stereocenters. The van der Waals surface area contributed by atoms with Crippen LogP contribution in [0.3, 0.4) is 0 Å². The fraction of sp³-hybridized carbons (Fsp3) is 0.600. The molecule has 2 N–H and O–H groups in total. The van der Waals surface area contributed by atoms with E-state index in [4.69, 9.17) is 10.5 Å². The average molecular weight is 251 g/mol. The van der Waals surface area contributed by atoms with E-state index in [1.165, 1.54) is 18.9 Å². The fourth-order valence-corrected chi connectivity index (χ4v) is 2.67. The smallest absolute Gasteiger partial charge is 0.126 e. The average Bonchev–Trinajstić information content (AvgIpc) is 2.89. The quantitative estimate of drug-likeness (QED) is 0.842. The number of halogens is 1. The summed E-state index contributed by atoms with van der Waals surface area (Å²) in [7, 11) is 0. The van der Waals surface area contributed by atoms with Gasteiger partial charge in [0, 0.05) is 6.61 Å². The second-order valence-electron chi connectivity index (χ2n) is 5.02. The number of nitrogens with two attached hydrogens (primary N) is 1. The molecule has 1 aromatic rings. The molecule has 1 aromatic carbocycles. The van der Waals surface area contributed by atoms with Gasteiger partial charge in [-0.15, -0.1) is 0 Å². The lowest BCUT2D eigenvalue weighted by atomic mass is 9.92. The molecule has 0 amide bonds. The van der Waals surface area contributed by atoms with Gasteiger partial charge in [-0.25, -0.2) is 4.39 Å². The molecule has 1 saturated heterocycles. The van der Waals surface area contributed by atoms with Crippen LogP contribution in [0.4, 0.5) is 4.39 Å². The van der Waals surface area contributed by atoms with Crippen LogP contribution in [0.1, 0.15) is 43.6 Å². The molecule has 0 saturated carbocycles. The van der Waals surface area contributed by atoms with Gasteiger partial charge in [-0.05, 0) is 49.8 Å². The monoisotopic (exact) mass is 251 g/mol. The van der Waals surface area contributed by atoms with Gasteiger partial charge in [-0.3, -0.25) is 0 Å². The van der Waals surface area contributed by atoms with Gasteiger partial charge < -0.3 is 10.5 Å². The number of rotatable bonds is 6. The van der Waals surface area contributed by atoms with Gasteiger partial charge in [0.15, 0.2) is 0 Å². The summed E-state index contributed by atoms with van der Waals surface area (Å²) in [5.41, 5.74) is 6.53. The number of hydrogen-bond donors (Lipinski definition) is 1. The molecule has 3 heteroatoms. The Morgan fingerprint density at radius 3 is 2.89 bits per heavy atom. The second kappa shape index (κ2) is 6.86. The summed E-state index contributed by atoms with van der Waals surface area (Å²) in [5, 5.41) is 0. The third kappa shape index (κ3) is 3.53. The lowest BCUT2D eigenvalue weighted by Gasteiger charge is -2.17. The van der Waals surface area contributed by atoms with Crippen molar-refractivity contribution in [3.05, 3.63) is 35.6 Å². The Kier molecular flexibility index (Phi) is 5.14. The predicted molar refractivity (Wildman–Crippen MR) is 71.0 cm³/mol. The molecule has 0 spiro atoms. The third-order valence-corrected chi connectivity index (χ3v) is 3.73. The molecule has 2 nitrogen and oxygen atoms in total. The molecule has 1 heterocycles. The Balaban J connectivity index is 1.83. The standard InChI is InChI=1S/C15H22FNO/c16-15-9-2-1-8-14(15)12(11-17)5-3-6-13-7-4-10-18-13/h1-2,8-9,12-13H,3-7,10-11,17H2. The molecular formula is C15H22FNO. The number of benzene rings is 1. The van der Waals surface area contributed by atoms with Crippen molar-refractivity contribution in [3.63, 3.8) is 0 Å². The zero-order chi connectivity index (χ0) is 12.8. The van der Waals surface area contributed by atoms with Gasteiger partial charge in [-0.2, -0.15) is 0 Å². The zero-order valence-corrected chi connectivity index (χ0v) is 10.8. The topological polar surface area (TPSA) is 35.2 Å². The highest BCUT2D eigenvalue weighted by molar-refractivity contribution is 5.21. The maximum absolute atomic E-state index is 13.7. The molecule has 2 rings (SSSR count). The molecular weight excluding hydrogens is 229 g/mol. The summed E-state index contributed by atoms with van der Waals surface area (Å²) in [4.78, 5) is 0. The first-order valence-corrected chi connectivity index (χ1v) is 6.87. The first-order chi connectivity index (χ1) is 8.81. The van der Waals surface area contributed by atoms with Gasteiger partial charge >= 0.3 is 0 Å². The van der Waals surface area contributed by atoms with Crippen molar-refractivity contribution in [2.75, 3.05) is 13.2 Å². The molecule has 2 unspecified atom stereocenters. The summed E-state index contributed by atoms with van der Waals surface area (Å²) in [6, 6.07) is 6.96. The van der Waals surface area contributed by atoms with Crippen LogP contribution in [0.5, 0.6) is 0 Å². The zero-order valence-electron chi connectivity index (χ0n) is 10.8. The van der Waals surface area contributed by atoms with Crippen LogP contribution in [0, 0.1) is 5.82 Å². The van der Waals surface area contributed by atoms with Gasteiger partial charge in [0.1, 0.15) is 5.82 Å².